The normalized spacial score (nSPS) is 15.0. The van der Waals surface area contributed by atoms with Gasteiger partial charge < -0.3 is 20.1 Å². The van der Waals surface area contributed by atoms with Crippen LogP contribution >= 0.6 is 0 Å². The Morgan fingerprint density at radius 2 is 1.55 bits per heavy atom. The molecule has 0 saturated heterocycles. The van der Waals surface area contributed by atoms with Gasteiger partial charge in [0.1, 0.15) is 0 Å². The summed E-state index contributed by atoms with van der Waals surface area (Å²) in [4.78, 5) is 25.6. The van der Waals surface area contributed by atoms with Crippen molar-refractivity contribution in [3.8, 4) is 0 Å². The van der Waals surface area contributed by atoms with E-state index >= 15 is 0 Å². The summed E-state index contributed by atoms with van der Waals surface area (Å²) in [5.41, 5.74) is -1.16. The van der Waals surface area contributed by atoms with Gasteiger partial charge in [-0.1, -0.05) is 48.5 Å². The van der Waals surface area contributed by atoms with Gasteiger partial charge in [0.15, 0.2) is 0 Å². The van der Waals surface area contributed by atoms with Crippen LogP contribution in [0.1, 0.15) is 88.0 Å². The van der Waals surface area contributed by atoms with E-state index in [1.54, 1.807) is 14.2 Å². The Morgan fingerprint density at radius 3 is 2.03 bits per heavy atom. The molecule has 0 radical (unpaired) electrons. The van der Waals surface area contributed by atoms with Crippen molar-refractivity contribution in [1.82, 2.24) is 10.6 Å². The standard InChI is InChI=1S/C25H50N2O4/c1-18(2)13-23(4,5)14-21(28)27-25(8,9)17-24(6,7)22(29)26-15-20(31-11)12-19(3)16-30-10/h18-20H,12-17H2,1-11H3,(H,26,29)(H,27,28)/t19-,20+/m0/s1. The van der Waals surface area contributed by atoms with Gasteiger partial charge in [-0.2, -0.15) is 0 Å². The average molecular weight is 443 g/mol. The summed E-state index contributed by atoms with van der Waals surface area (Å²) in [6, 6.07) is 0. The Morgan fingerprint density at radius 1 is 0.968 bits per heavy atom. The Bertz CT molecular complexity index is 556. The topological polar surface area (TPSA) is 76.7 Å². The van der Waals surface area contributed by atoms with Crippen LogP contribution in [0.4, 0.5) is 0 Å². The first-order valence-corrected chi connectivity index (χ1v) is 11.6. The third kappa shape index (κ3) is 13.1. The predicted molar refractivity (Wildman–Crippen MR) is 128 cm³/mol. The van der Waals surface area contributed by atoms with E-state index in [9.17, 15) is 9.59 Å². The zero-order valence-corrected chi connectivity index (χ0v) is 22.1. The molecule has 184 valence electrons. The highest BCUT2D eigenvalue weighted by Gasteiger charge is 2.36. The van der Waals surface area contributed by atoms with Crippen molar-refractivity contribution in [1.29, 1.82) is 0 Å². The molecule has 0 unspecified atom stereocenters. The molecule has 2 atom stereocenters. The van der Waals surface area contributed by atoms with Crippen LogP contribution in [0.15, 0.2) is 0 Å². The first-order valence-electron chi connectivity index (χ1n) is 11.6. The monoisotopic (exact) mass is 442 g/mol. The van der Waals surface area contributed by atoms with Gasteiger partial charge in [0.25, 0.3) is 0 Å². The molecule has 0 rings (SSSR count). The summed E-state index contributed by atoms with van der Waals surface area (Å²) in [5, 5.41) is 6.19. The van der Waals surface area contributed by atoms with Gasteiger partial charge in [-0.3, -0.25) is 9.59 Å². The van der Waals surface area contributed by atoms with E-state index in [0.29, 0.717) is 37.8 Å². The van der Waals surface area contributed by atoms with Gasteiger partial charge >= 0.3 is 0 Å². The molecule has 0 aromatic heterocycles. The fourth-order valence-electron chi connectivity index (χ4n) is 4.77. The number of ether oxygens (including phenoxy) is 2. The van der Waals surface area contributed by atoms with E-state index in [4.69, 9.17) is 9.47 Å². The summed E-state index contributed by atoms with van der Waals surface area (Å²) in [6.07, 6.45) is 2.79. The van der Waals surface area contributed by atoms with Crippen LogP contribution in [0.25, 0.3) is 0 Å². The van der Waals surface area contributed by atoms with E-state index < -0.39 is 11.0 Å². The number of carbonyl (C=O) groups excluding carboxylic acids is 2. The van der Waals surface area contributed by atoms with Crippen LogP contribution in [0, 0.1) is 22.7 Å². The molecule has 0 saturated carbocycles. The number of nitrogens with one attached hydrogen (secondary N) is 2. The molecule has 31 heavy (non-hydrogen) atoms. The zero-order chi connectivity index (χ0) is 24.5. The number of hydrogen-bond donors (Lipinski definition) is 2. The lowest BCUT2D eigenvalue weighted by molar-refractivity contribution is -0.132. The SMILES string of the molecule is COC[C@@H](C)C[C@H](CNC(=O)C(C)(C)CC(C)(C)NC(=O)CC(C)(C)CC(C)C)OC. The number of hydrogen-bond acceptors (Lipinski definition) is 4. The largest absolute Gasteiger partial charge is 0.384 e. The third-order valence-electron chi connectivity index (χ3n) is 5.52. The minimum atomic E-state index is -0.624. The van der Waals surface area contributed by atoms with Crippen molar-refractivity contribution in [3.63, 3.8) is 0 Å². The molecular weight excluding hydrogens is 392 g/mol. The van der Waals surface area contributed by atoms with Gasteiger partial charge in [0, 0.05) is 44.7 Å². The van der Waals surface area contributed by atoms with Crippen molar-refractivity contribution >= 4 is 11.8 Å². The van der Waals surface area contributed by atoms with Crippen molar-refractivity contribution in [2.75, 3.05) is 27.4 Å². The summed E-state index contributed by atoms with van der Waals surface area (Å²) in [6.45, 7) is 19.7. The lowest BCUT2D eigenvalue weighted by Gasteiger charge is -2.36. The molecule has 2 N–H and O–H groups in total. The van der Waals surface area contributed by atoms with Crippen molar-refractivity contribution in [3.05, 3.63) is 0 Å². The van der Waals surface area contributed by atoms with Gasteiger partial charge in [-0.15, -0.1) is 0 Å². The van der Waals surface area contributed by atoms with Gasteiger partial charge in [-0.05, 0) is 50.4 Å². The van der Waals surface area contributed by atoms with E-state index in [0.717, 1.165) is 12.8 Å². The maximum Gasteiger partial charge on any atom is 0.225 e. The van der Waals surface area contributed by atoms with Gasteiger partial charge in [0.2, 0.25) is 11.8 Å². The molecule has 0 bridgehead atoms. The van der Waals surface area contributed by atoms with E-state index in [-0.39, 0.29) is 23.3 Å². The molecule has 6 nitrogen and oxygen atoms in total. The van der Waals surface area contributed by atoms with E-state index in [1.807, 2.05) is 27.7 Å². The van der Waals surface area contributed by atoms with Gasteiger partial charge in [-0.25, -0.2) is 0 Å². The Balaban J connectivity index is 4.81. The molecule has 0 aromatic rings. The molecule has 0 heterocycles. The Hall–Kier alpha value is -1.14. The molecule has 0 aliphatic rings. The molecule has 0 fully saturated rings. The maximum absolute atomic E-state index is 12.9. The first-order chi connectivity index (χ1) is 14.0. The number of amides is 2. The predicted octanol–water partition coefficient (Wildman–Crippen LogP) is 4.56. The highest BCUT2D eigenvalue weighted by molar-refractivity contribution is 5.82. The summed E-state index contributed by atoms with van der Waals surface area (Å²) >= 11 is 0. The number of carbonyl (C=O) groups is 2. The van der Waals surface area contributed by atoms with Crippen molar-refractivity contribution in [2.24, 2.45) is 22.7 Å². The second-order valence-corrected chi connectivity index (χ2v) is 11.8. The lowest BCUT2D eigenvalue weighted by atomic mass is 9.78. The quantitative estimate of drug-likeness (QED) is 0.390. The minimum absolute atomic E-state index is 0.0311. The van der Waals surface area contributed by atoms with E-state index in [1.165, 1.54) is 0 Å². The second kappa shape index (κ2) is 12.8. The van der Waals surface area contributed by atoms with E-state index in [2.05, 4.69) is 45.3 Å². The highest BCUT2D eigenvalue weighted by atomic mass is 16.5. The van der Waals surface area contributed by atoms with Crippen LogP contribution < -0.4 is 10.6 Å². The zero-order valence-electron chi connectivity index (χ0n) is 22.1. The molecular formula is C25H50N2O4. The highest BCUT2D eigenvalue weighted by Crippen LogP contribution is 2.31. The lowest BCUT2D eigenvalue weighted by Crippen LogP contribution is -2.51. The summed E-state index contributed by atoms with van der Waals surface area (Å²) in [7, 11) is 3.36. The van der Waals surface area contributed by atoms with Crippen LogP contribution in [-0.2, 0) is 19.1 Å². The van der Waals surface area contributed by atoms with Crippen LogP contribution in [-0.4, -0.2) is 50.8 Å². The minimum Gasteiger partial charge on any atom is -0.384 e. The molecule has 0 aliphatic heterocycles. The van der Waals surface area contributed by atoms with Crippen molar-refractivity contribution in [2.45, 2.75) is 99.6 Å². The third-order valence-corrected chi connectivity index (χ3v) is 5.52. The fraction of sp³-hybridized carbons (Fsp3) is 0.920. The number of rotatable bonds is 15. The Labute approximate surface area is 191 Å². The smallest absolute Gasteiger partial charge is 0.225 e. The van der Waals surface area contributed by atoms with Gasteiger partial charge in [0.05, 0.1) is 6.10 Å². The average Bonchev–Trinajstić information content (AvgIpc) is 2.54. The summed E-state index contributed by atoms with van der Waals surface area (Å²) in [5.74, 6) is 0.913. The maximum atomic E-state index is 12.9. The molecule has 0 aliphatic carbocycles. The summed E-state index contributed by atoms with van der Waals surface area (Å²) < 4.78 is 10.7. The molecule has 2 amide bonds. The fourth-order valence-corrected chi connectivity index (χ4v) is 4.77. The van der Waals surface area contributed by atoms with Crippen molar-refractivity contribution < 1.29 is 19.1 Å². The second-order valence-electron chi connectivity index (χ2n) is 11.8. The first kappa shape index (κ1) is 29.9. The molecule has 0 spiro atoms. The Kier molecular flexibility index (Phi) is 12.3. The number of methoxy groups -OCH3 is 2. The molecule has 6 heteroatoms. The van der Waals surface area contributed by atoms with Crippen LogP contribution in [0.3, 0.4) is 0 Å². The van der Waals surface area contributed by atoms with Crippen LogP contribution in [0.2, 0.25) is 0 Å². The molecule has 0 aromatic carbocycles. The van der Waals surface area contributed by atoms with Crippen LogP contribution in [0.5, 0.6) is 0 Å².